The molecule has 3 aromatic rings. The smallest absolute Gasteiger partial charge is 0.410 e. The molecule has 4 rings (SSSR count). The van der Waals surface area contributed by atoms with E-state index in [2.05, 4.69) is 29.6 Å². The van der Waals surface area contributed by atoms with Crippen LogP contribution < -0.4 is 10.1 Å². The van der Waals surface area contributed by atoms with Crippen LogP contribution >= 0.6 is 0 Å². The number of nitrogens with zero attached hydrogens (tertiary/aromatic N) is 1. The summed E-state index contributed by atoms with van der Waals surface area (Å²) in [6.07, 6.45) is 0.575. The molecular formula is C24H26N2O3. The summed E-state index contributed by atoms with van der Waals surface area (Å²) in [5.74, 6) is 0.874. The highest BCUT2D eigenvalue weighted by molar-refractivity contribution is 5.83. The van der Waals surface area contributed by atoms with Gasteiger partial charge < -0.3 is 19.7 Å². The molecule has 1 atom stereocenters. The number of carbonyl (C=O) groups is 1. The number of rotatable bonds is 6. The van der Waals surface area contributed by atoms with Crippen LogP contribution in [0, 0.1) is 0 Å². The number of ether oxygens (including phenoxy) is 2. The van der Waals surface area contributed by atoms with Crippen LogP contribution in [0.4, 0.5) is 4.79 Å². The second-order valence-electron chi connectivity index (χ2n) is 7.28. The van der Waals surface area contributed by atoms with Crippen molar-refractivity contribution in [3.8, 4) is 5.75 Å². The summed E-state index contributed by atoms with van der Waals surface area (Å²) in [7, 11) is 0. The number of fused-ring (bicyclic) bond motifs is 1. The third-order valence-electron chi connectivity index (χ3n) is 5.17. The van der Waals surface area contributed by atoms with Crippen LogP contribution in [0.1, 0.15) is 12.0 Å². The molecule has 0 unspecified atom stereocenters. The first-order valence-electron chi connectivity index (χ1n) is 10.1. The molecule has 1 fully saturated rings. The van der Waals surface area contributed by atoms with Crippen molar-refractivity contribution in [3.63, 3.8) is 0 Å². The molecule has 1 amide bonds. The molecule has 0 aromatic heterocycles. The average Bonchev–Trinajstić information content (AvgIpc) is 2.78. The minimum Gasteiger partial charge on any atom is -0.494 e. The Balaban J connectivity index is 1.23. The Morgan fingerprint density at radius 1 is 1.00 bits per heavy atom. The van der Waals surface area contributed by atoms with E-state index in [0.717, 1.165) is 24.3 Å². The first-order valence-corrected chi connectivity index (χ1v) is 10.1. The fourth-order valence-corrected chi connectivity index (χ4v) is 3.57. The van der Waals surface area contributed by atoms with Gasteiger partial charge in [0.15, 0.2) is 0 Å². The van der Waals surface area contributed by atoms with Gasteiger partial charge in [-0.25, -0.2) is 4.79 Å². The van der Waals surface area contributed by atoms with Gasteiger partial charge in [0.2, 0.25) is 0 Å². The van der Waals surface area contributed by atoms with Gasteiger partial charge in [-0.2, -0.15) is 0 Å². The van der Waals surface area contributed by atoms with Gasteiger partial charge in [0.1, 0.15) is 12.4 Å². The lowest BCUT2D eigenvalue weighted by Crippen LogP contribution is -2.53. The molecule has 150 valence electrons. The molecule has 29 heavy (non-hydrogen) atoms. The van der Waals surface area contributed by atoms with Gasteiger partial charge in [0.05, 0.1) is 6.61 Å². The Hall–Kier alpha value is -3.05. The maximum atomic E-state index is 12.4. The van der Waals surface area contributed by atoms with E-state index in [4.69, 9.17) is 9.47 Å². The van der Waals surface area contributed by atoms with E-state index >= 15 is 0 Å². The zero-order chi connectivity index (χ0) is 19.9. The van der Waals surface area contributed by atoms with Crippen LogP contribution in [-0.4, -0.2) is 43.3 Å². The SMILES string of the molecule is O=C(OCc1ccccc1)N1CCN[C@H](CCOc2ccc3ccccc3c2)C1. The highest BCUT2D eigenvalue weighted by Crippen LogP contribution is 2.21. The minimum absolute atomic E-state index is 0.202. The summed E-state index contributed by atoms with van der Waals surface area (Å²) in [5.41, 5.74) is 0.997. The first kappa shape index (κ1) is 19.3. The van der Waals surface area contributed by atoms with E-state index in [0.29, 0.717) is 26.3 Å². The molecule has 0 aliphatic carbocycles. The van der Waals surface area contributed by atoms with E-state index in [-0.39, 0.29) is 12.1 Å². The molecule has 1 heterocycles. The van der Waals surface area contributed by atoms with Crippen molar-refractivity contribution in [1.82, 2.24) is 10.2 Å². The Kier molecular flexibility index (Phi) is 6.27. The zero-order valence-electron chi connectivity index (χ0n) is 16.4. The minimum atomic E-state index is -0.254. The van der Waals surface area contributed by atoms with E-state index in [1.807, 2.05) is 48.5 Å². The van der Waals surface area contributed by atoms with E-state index in [1.54, 1.807) is 4.90 Å². The topological polar surface area (TPSA) is 50.8 Å². The maximum Gasteiger partial charge on any atom is 0.410 e. The average molecular weight is 390 g/mol. The predicted molar refractivity (Wildman–Crippen MR) is 114 cm³/mol. The van der Waals surface area contributed by atoms with Crippen LogP contribution in [0.2, 0.25) is 0 Å². The largest absolute Gasteiger partial charge is 0.494 e. The van der Waals surface area contributed by atoms with Crippen molar-refractivity contribution in [3.05, 3.63) is 78.4 Å². The highest BCUT2D eigenvalue weighted by atomic mass is 16.6. The van der Waals surface area contributed by atoms with Crippen molar-refractivity contribution in [2.75, 3.05) is 26.2 Å². The van der Waals surface area contributed by atoms with Crippen molar-refractivity contribution >= 4 is 16.9 Å². The van der Waals surface area contributed by atoms with Crippen LogP contribution in [0.5, 0.6) is 5.75 Å². The second-order valence-corrected chi connectivity index (χ2v) is 7.28. The summed E-state index contributed by atoms with van der Waals surface area (Å²) in [4.78, 5) is 14.2. The normalized spacial score (nSPS) is 16.6. The summed E-state index contributed by atoms with van der Waals surface area (Å²) in [6.45, 7) is 2.97. The Morgan fingerprint density at radius 3 is 2.66 bits per heavy atom. The molecule has 0 saturated carbocycles. The molecule has 0 bridgehead atoms. The lowest BCUT2D eigenvalue weighted by molar-refractivity contribution is 0.0827. The van der Waals surface area contributed by atoms with Crippen molar-refractivity contribution in [2.24, 2.45) is 0 Å². The Morgan fingerprint density at radius 2 is 1.79 bits per heavy atom. The van der Waals surface area contributed by atoms with Gasteiger partial charge in [-0.15, -0.1) is 0 Å². The Bertz CT molecular complexity index is 945. The van der Waals surface area contributed by atoms with Crippen LogP contribution in [0.15, 0.2) is 72.8 Å². The number of nitrogens with one attached hydrogen (secondary N) is 1. The van der Waals surface area contributed by atoms with E-state index in [9.17, 15) is 4.79 Å². The van der Waals surface area contributed by atoms with Crippen molar-refractivity contribution < 1.29 is 14.3 Å². The van der Waals surface area contributed by atoms with Gasteiger partial charge in [-0.05, 0) is 34.9 Å². The number of hydrogen-bond acceptors (Lipinski definition) is 4. The molecule has 5 nitrogen and oxygen atoms in total. The maximum absolute atomic E-state index is 12.4. The van der Waals surface area contributed by atoms with Crippen LogP contribution in [0.3, 0.4) is 0 Å². The summed E-state index contributed by atoms with van der Waals surface area (Å²) in [5, 5.41) is 5.85. The van der Waals surface area contributed by atoms with Gasteiger partial charge in [0.25, 0.3) is 0 Å². The third-order valence-corrected chi connectivity index (χ3v) is 5.17. The third kappa shape index (κ3) is 5.27. The van der Waals surface area contributed by atoms with Crippen molar-refractivity contribution in [2.45, 2.75) is 19.1 Å². The summed E-state index contributed by atoms with van der Waals surface area (Å²) < 4.78 is 11.4. The fourth-order valence-electron chi connectivity index (χ4n) is 3.57. The molecule has 1 N–H and O–H groups in total. The van der Waals surface area contributed by atoms with Gasteiger partial charge >= 0.3 is 6.09 Å². The quantitative estimate of drug-likeness (QED) is 0.685. The first-order chi connectivity index (χ1) is 14.3. The van der Waals surface area contributed by atoms with Gasteiger partial charge in [0, 0.05) is 25.7 Å². The second kappa shape index (κ2) is 9.43. The standard InChI is InChI=1S/C24H26N2O3/c27-24(29-18-19-6-2-1-3-7-19)26-14-13-25-22(17-26)12-15-28-23-11-10-20-8-4-5-9-21(20)16-23/h1-11,16,22,25H,12-15,17-18H2/t22-/m1/s1. The number of piperazine rings is 1. The number of benzene rings is 3. The van der Waals surface area contributed by atoms with Crippen molar-refractivity contribution in [1.29, 1.82) is 0 Å². The molecule has 1 aliphatic heterocycles. The van der Waals surface area contributed by atoms with Crippen LogP contribution in [0.25, 0.3) is 10.8 Å². The molecule has 5 heteroatoms. The molecular weight excluding hydrogens is 364 g/mol. The molecule has 1 aliphatic rings. The number of carbonyl (C=O) groups excluding carboxylic acids is 1. The van der Waals surface area contributed by atoms with E-state index < -0.39 is 0 Å². The lowest BCUT2D eigenvalue weighted by atomic mass is 10.1. The highest BCUT2D eigenvalue weighted by Gasteiger charge is 2.24. The van der Waals surface area contributed by atoms with E-state index in [1.165, 1.54) is 10.8 Å². The summed E-state index contributed by atoms with van der Waals surface area (Å²) >= 11 is 0. The zero-order valence-corrected chi connectivity index (χ0v) is 16.4. The van der Waals surface area contributed by atoms with Gasteiger partial charge in [-0.3, -0.25) is 0 Å². The predicted octanol–water partition coefficient (Wildman–Crippen LogP) is 4.22. The van der Waals surface area contributed by atoms with Gasteiger partial charge in [-0.1, -0.05) is 60.7 Å². The number of hydrogen-bond donors (Lipinski definition) is 1. The monoisotopic (exact) mass is 390 g/mol. The molecule has 3 aromatic carbocycles. The fraction of sp³-hybridized carbons (Fsp3) is 0.292. The number of amides is 1. The summed E-state index contributed by atoms with van der Waals surface area (Å²) in [6, 6.07) is 24.3. The Labute approximate surface area is 171 Å². The molecule has 1 saturated heterocycles. The molecule has 0 spiro atoms. The lowest BCUT2D eigenvalue weighted by Gasteiger charge is -2.33. The van der Waals surface area contributed by atoms with Crippen LogP contribution in [-0.2, 0) is 11.3 Å². The molecule has 0 radical (unpaired) electrons.